The third kappa shape index (κ3) is 9.37. The molecule has 0 saturated carbocycles. The zero-order valence-corrected chi connectivity index (χ0v) is 29.0. The van der Waals surface area contributed by atoms with Gasteiger partial charge < -0.3 is 48.4 Å². The van der Waals surface area contributed by atoms with Gasteiger partial charge in [0.15, 0.2) is 24.8 Å². The molecule has 3 heterocycles. The number of hydrogen-bond acceptors (Lipinski definition) is 13. The maximum absolute atomic E-state index is 13.0. The number of esters is 2. The van der Waals surface area contributed by atoms with E-state index < -0.39 is 85.5 Å². The van der Waals surface area contributed by atoms with Gasteiger partial charge in [-0.05, 0) is 16.7 Å². The van der Waals surface area contributed by atoms with Crippen molar-refractivity contribution >= 4 is 17.8 Å². The van der Waals surface area contributed by atoms with Crippen LogP contribution < -0.4 is 5.73 Å². The number of nitrogens with two attached hydrogens (primary N) is 1. The molecular formula is C37H40N4O12. The summed E-state index contributed by atoms with van der Waals surface area (Å²) >= 11 is 0. The van der Waals surface area contributed by atoms with Gasteiger partial charge in [0, 0.05) is 24.3 Å². The van der Waals surface area contributed by atoms with Crippen LogP contribution in [0.4, 0.5) is 0 Å². The van der Waals surface area contributed by atoms with E-state index in [9.17, 15) is 19.9 Å². The Labute approximate surface area is 304 Å². The van der Waals surface area contributed by atoms with E-state index in [4.69, 9.17) is 48.4 Å². The normalized spacial score (nSPS) is 30.9. The van der Waals surface area contributed by atoms with E-state index >= 15 is 0 Å². The minimum atomic E-state index is -1.63. The molecule has 0 bridgehead atoms. The van der Waals surface area contributed by atoms with Gasteiger partial charge in [0.05, 0.1) is 19.8 Å². The SMILES string of the molecule is CC(=O)OC1[C@@H](OC(C)=O)OC(C(N)=O)[C@@H](O[C@H]2OC3COC(c4ccccc4)O[C@H]3[C@@H](OCc3ccccc3)C2N=[N+]=[N-])[C@H]1OCc1ccccc1. The summed E-state index contributed by atoms with van der Waals surface area (Å²) in [4.78, 5) is 40.7. The first-order valence-corrected chi connectivity index (χ1v) is 17.0. The highest BCUT2D eigenvalue weighted by Crippen LogP contribution is 2.39. The zero-order chi connectivity index (χ0) is 37.3. The summed E-state index contributed by atoms with van der Waals surface area (Å²) in [6, 6.07) is 26.5. The minimum absolute atomic E-state index is 0.0250. The first kappa shape index (κ1) is 37.8. The van der Waals surface area contributed by atoms with Crippen LogP contribution in [0.25, 0.3) is 10.4 Å². The van der Waals surface area contributed by atoms with Gasteiger partial charge in [0.2, 0.25) is 12.2 Å². The van der Waals surface area contributed by atoms with Crippen molar-refractivity contribution in [3.63, 3.8) is 0 Å². The van der Waals surface area contributed by atoms with Crippen molar-refractivity contribution < 1.29 is 57.0 Å². The fraction of sp³-hybridized carbons (Fsp3) is 0.432. The maximum atomic E-state index is 13.0. The molecule has 0 aliphatic carbocycles. The van der Waals surface area contributed by atoms with Gasteiger partial charge in [-0.1, -0.05) is 96.1 Å². The molecule has 3 aromatic carbocycles. The van der Waals surface area contributed by atoms with E-state index in [1.54, 1.807) is 24.3 Å². The molecule has 3 aliphatic heterocycles. The van der Waals surface area contributed by atoms with E-state index in [0.717, 1.165) is 30.5 Å². The molecule has 53 heavy (non-hydrogen) atoms. The topological polar surface area (TPSA) is 209 Å². The van der Waals surface area contributed by atoms with E-state index in [0.29, 0.717) is 0 Å². The van der Waals surface area contributed by atoms with Gasteiger partial charge in [0.25, 0.3) is 0 Å². The van der Waals surface area contributed by atoms with E-state index in [1.165, 1.54) is 0 Å². The van der Waals surface area contributed by atoms with Crippen LogP contribution >= 0.6 is 0 Å². The van der Waals surface area contributed by atoms with Crippen molar-refractivity contribution in [1.82, 2.24) is 0 Å². The molecule has 0 radical (unpaired) electrons. The van der Waals surface area contributed by atoms with E-state index in [-0.39, 0.29) is 19.8 Å². The lowest BCUT2D eigenvalue weighted by Crippen LogP contribution is -2.67. The molecule has 3 fully saturated rings. The maximum Gasteiger partial charge on any atom is 0.305 e. The molecule has 11 atom stereocenters. The predicted octanol–water partition coefficient (Wildman–Crippen LogP) is 3.77. The van der Waals surface area contributed by atoms with Crippen LogP contribution in [0.2, 0.25) is 0 Å². The number of carbonyl (C=O) groups is 3. The quantitative estimate of drug-likeness (QED) is 0.115. The molecule has 5 unspecified atom stereocenters. The van der Waals surface area contributed by atoms with E-state index in [2.05, 4.69) is 10.0 Å². The van der Waals surface area contributed by atoms with Crippen molar-refractivity contribution in [2.24, 2.45) is 10.8 Å². The monoisotopic (exact) mass is 732 g/mol. The van der Waals surface area contributed by atoms with Crippen molar-refractivity contribution in [3.05, 3.63) is 118 Å². The molecule has 3 saturated heterocycles. The van der Waals surface area contributed by atoms with Gasteiger partial charge >= 0.3 is 11.9 Å². The lowest BCUT2D eigenvalue weighted by molar-refractivity contribution is -0.370. The van der Waals surface area contributed by atoms with Gasteiger partial charge in [-0.15, -0.1) is 0 Å². The second-order valence-corrected chi connectivity index (χ2v) is 12.5. The van der Waals surface area contributed by atoms with Crippen LogP contribution in [-0.2, 0) is 70.2 Å². The second kappa shape index (κ2) is 17.7. The molecule has 0 aromatic heterocycles. The lowest BCUT2D eigenvalue weighted by atomic mass is 9.94. The van der Waals surface area contributed by atoms with Crippen molar-refractivity contribution in [3.8, 4) is 0 Å². The summed E-state index contributed by atoms with van der Waals surface area (Å²) in [6.07, 6.45) is -12.3. The number of benzene rings is 3. The highest BCUT2D eigenvalue weighted by molar-refractivity contribution is 5.80. The highest BCUT2D eigenvalue weighted by atomic mass is 16.8. The largest absolute Gasteiger partial charge is 0.453 e. The number of rotatable bonds is 13. The molecule has 0 spiro atoms. The van der Waals surface area contributed by atoms with Crippen LogP contribution in [0.3, 0.4) is 0 Å². The number of nitrogens with zero attached hydrogens (tertiary/aromatic N) is 3. The third-order valence-electron chi connectivity index (χ3n) is 8.79. The van der Waals surface area contributed by atoms with Gasteiger partial charge in [-0.2, -0.15) is 0 Å². The van der Waals surface area contributed by atoms with Gasteiger partial charge in [-0.3, -0.25) is 14.4 Å². The van der Waals surface area contributed by atoms with Crippen molar-refractivity contribution in [2.45, 2.75) is 94.7 Å². The standard InChI is InChI=1S/C37H40N4O12/c1-21(42)48-33-30(46-19-24-14-8-4-9-15-24)31(32(34(38)44)53-37(33)49-22(2)43)52-36-27(40-41-39)29(45-18-23-12-6-3-7-13-23)28-26(50-36)20-47-35(51-28)25-16-10-5-11-17-25/h3-17,26-33,35-37H,18-20H2,1-2H3,(H2,38,44)/t26?,27?,28-,29+,30-,31+,32?,33?,35?,36-,37+/m1/s1. The number of hydrogen-bond donors (Lipinski definition) is 1. The third-order valence-corrected chi connectivity index (χ3v) is 8.79. The summed E-state index contributed by atoms with van der Waals surface area (Å²) in [5.41, 5.74) is 18.0. The summed E-state index contributed by atoms with van der Waals surface area (Å²) < 4.78 is 55.0. The molecule has 2 N–H and O–H groups in total. The summed E-state index contributed by atoms with van der Waals surface area (Å²) in [5, 5.41) is 4.06. The molecule has 280 valence electrons. The van der Waals surface area contributed by atoms with Gasteiger partial charge in [0.1, 0.15) is 36.6 Å². The second-order valence-electron chi connectivity index (χ2n) is 12.5. The Kier molecular flexibility index (Phi) is 12.7. The number of amides is 1. The van der Waals surface area contributed by atoms with Crippen LogP contribution in [-0.4, -0.2) is 85.8 Å². The Bertz CT molecular complexity index is 1730. The molecule has 3 aromatic rings. The summed E-state index contributed by atoms with van der Waals surface area (Å²) in [6.45, 7) is 2.35. The molecule has 16 heteroatoms. The Morgan fingerprint density at radius 1 is 0.755 bits per heavy atom. The molecule has 3 aliphatic rings. The van der Waals surface area contributed by atoms with Crippen molar-refractivity contribution in [2.75, 3.05) is 6.61 Å². The van der Waals surface area contributed by atoms with Crippen LogP contribution in [0, 0.1) is 0 Å². The number of carbonyl (C=O) groups excluding carboxylic acids is 3. The Balaban J connectivity index is 1.35. The summed E-state index contributed by atoms with van der Waals surface area (Å²) in [7, 11) is 0. The Hall–Kier alpha value is -4.90. The highest BCUT2D eigenvalue weighted by Gasteiger charge is 2.57. The zero-order valence-electron chi connectivity index (χ0n) is 29.0. The molecule has 1 amide bonds. The first-order chi connectivity index (χ1) is 25.7. The number of ether oxygens (including phenoxy) is 9. The van der Waals surface area contributed by atoms with Crippen LogP contribution in [0.1, 0.15) is 36.8 Å². The molecular weight excluding hydrogens is 692 g/mol. The predicted molar refractivity (Wildman–Crippen MR) is 182 cm³/mol. The van der Waals surface area contributed by atoms with E-state index in [1.807, 2.05) is 66.7 Å². The number of primary amides is 1. The molecule has 6 rings (SSSR count). The Morgan fingerprint density at radius 2 is 1.34 bits per heavy atom. The average Bonchev–Trinajstić information content (AvgIpc) is 3.15. The smallest absolute Gasteiger partial charge is 0.305 e. The fourth-order valence-electron chi connectivity index (χ4n) is 6.47. The summed E-state index contributed by atoms with van der Waals surface area (Å²) in [5.74, 6) is -2.56. The average molecular weight is 733 g/mol. The van der Waals surface area contributed by atoms with Gasteiger partial charge in [-0.25, -0.2) is 0 Å². The van der Waals surface area contributed by atoms with Crippen molar-refractivity contribution in [1.29, 1.82) is 0 Å². The molecule has 16 nitrogen and oxygen atoms in total. The number of fused-ring (bicyclic) bond motifs is 1. The van der Waals surface area contributed by atoms with Crippen LogP contribution in [0.15, 0.2) is 96.1 Å². The Morgan fingerprint density at radius 3 is 1.91 bits per heavy atom. The minimum Gasteiger partial charge on any atom is -0.453 e. The van der Waals surface area contributed by atoms with Crippen LogP contribution in [0.5, 0.6) is 0 Å². The first-order valence-electron chi connectivity index (χ1n) is 17.0. The fourth-order valence-corrected chi connectivity index (χ4v) is 6.47. The lowest BCUT2D eigenvalue weighted by Gasteiger charge is -2.50. The number of azide groups is 1.